The number of carbonyl (C=O) groups is 1. The molecule has 1 unspecified atom stereocenters. The molecular formula is C21H19F4N3O2. The maximum absolute atomic E-state index is 13.3. The quantitative estimate of drug-likeness (QED) is 0.705. The van der Waals surface area contributed by atoms with Gasteiger partial charge in [0.2, 0.25) is 0 Å². The molecule has 1 aliphatic heterocycles. The molecule has 1 atom stereocenters. The van der Waals surface area contributed by atoms with Gasteiger partial charge in [-0.3, -0.25) is 4.79 Å². The number of ether oxygens (including phenoxy) is 1. The molecule has 0 aliphatic carbocycles. The lowest BCUT2D eigenvalue weighted by Crippen LogP contribution is -2.52. The second kappa shape index (κ2) is 8.61. The van der Waals surface area contributed by atoms with Crippen molar-refractivity contribution in [3.8, 4) is 11.8 Å². The Labute approximate surface area is 171 Å². The third kappa shape index (κ3) is 4.64. The fourth-order valence-corrected chi connectivity index (χ4v) is 3.38. The van der Waals surface area contributed by atoms with E-state index in [0.717, 1.165) is 6.07 Å². The Morgan fingerprint density at radius 1 is 1.13 bits per heavy atom. The summed E-state index contributed by atoms with van der Waals surface area (Å²) >= 11 is 0. The molecule has 158 valence electrons. The molecule has 9 heteroatoms. The Morgan fingerprint density at radius 2 is 1.80 bits per heavy atom. The fraction of sp³-hybridized carbons (Fsp3) is 0.333. The Hall–Kier alpha value is -3.28. The lowest BCUT2D eigenvalue weighted by Gasteiger charge is -2.37. The number of hydrogen-bond acceptors (Lipinski definition) is 4. The first-order valence-electron chi connectivity index (χ1n) is 9.27. The number of benzene rings is 2. The van der Waals surface area contributed by atoms with Crippen LogP contribution >= 0.6 is 0 Å². The zero-order valence-corrected chi connectivity index (χ0v) is 16.1. The third-order valence-electron chi connectivity index (χ3n) is 4.85. The zero-order valence-electron chi connectivity index (χ0n) is 16.1. The maximum Gasteiger partial charge on any atom is 0.417 e. The van der Waals surface area contributed by atoms with Crippen LogP contribution in [0.15, 0.2) is 42.5 Å². The van der Waals surface area contributed by atoms with Crippen molar-refractivity contribution in [2.45, 2.75) is 19.2 Å². The molecule has 0 bridgehead atoms. The van der Waals surface area contributed by atoms with Crippen LogP contribution in [0.1, 0.15) is 18.1 Å². The normalized spacial score (nSPS) is 15.5. The number of piperazine rings is 1. The van der Waals surface area contributed by atoms with E-state index >= 15 is 0 Å². The van der Waals surface area contributed by atoms with E-state index in [2.05, 4.69) is 0 Å². The highest BCUT2D eigenvalue weighted by Crippen LogP contribution is 2.36. The minimum Gasteiger partial charge on any atom is -0.481 e. The van der Waals surface area contributed by atoms with Crippen LogP contribution < -0.4 is 9.64 Å². The predicted molar refractivity (Wildman–Crippen MR) is 101 cm³/mol. The topological polar surface area (TPSA) is 56.6 Å². The Morgan fingerprint density at radius 3 is 2.40 bits per heavy atom. The lowest BCUT2D eigenvalue weighted by atomic mass is 10.0. The van der Waals surface area contributed by atoms with E-state index in [1.807, 2.05) is 0 Å². The number of rotatable bonds is 4. The molecule has 1 aliphatic rings. The number of carbonyl (C=O) groups excluding carboxylic acids is 1. The summed E-state index contributed by atoms with van der Waals surface area (Å²) in [5.74, 6) is -0.546. The zero-order chi connectivity index (χ0) is 21.9. The molecule has 3 rings (SSSR count). The van der Waals surface area contributed by atoms with Gasteiger partial charge < -0.3 is 14.5 Å². The highest BCUT2D eigenvalue weighted by Gasteiger charge is 2.36. The van der Waals surface area contributed by atoms with Gasteiger partial charge in [-0.1, -0.05) is 12.1 Å². The molecular weight excluding hydrogens is 402 g/mol. The van der Waals surface area contributed by atoms with Gasteiger partial charge in [0, 0.05) is 32.2 Å². The second-order valence-corrected chi connectivity index (χ2v) is 6.84. The molecule has 1 saturated heterocycles. The van der Waals surface area contributed by atoms with Gasteiger partial charge in [0.05, 0.1) is 16.8 Å². The van der Waals surface area contributed by atoms with Gasteiger partial charge in [-0.05, 0) is 31.2 Å². The smallest absolute Gasteiger partial charge is 0.417 e. The number of halogens is 4. The summed E-state index contributed by atoms with van der Waals surface area (Å²) < 4.78 is 58.3. The first-order valence-corrected chi connectivity index (χ1v) is 9.27. The van der Waals surface area contributed by atoms with Crippen LogP contribution in [-0.2, 0) is 11.0 Å². The monoisotopic (exact) mass is 421 g/mol. The van der Waals surface area contributed by atoms with E-state index in [1.165, 1.54) is 30.3 Å². The Balaban J connectivity index is 1.66. The van der Waals surface area contributed by atoms with Crippen molar-refractivity contribution in [3.05, 3.63) is 59.4 Å². The summed E-state index contributed by atoms with van der Waals surface area (Å²) in [6, 6.07) is 10.7. The first-order chi connectivity index (χ1) is 14.2. The van der Waals surface area contributed by atoms with Crippen LogP contribution in [0.4, 0.5) is 23.2 Å². The summed E-state index contributed by atoms with van der Waals surface area (Å²) in [5, 5.41) is 9.28. The molecule has 0 saturated carbocycles. The van der Waals surface area contributed by atoms with Crippen molar-refractivity contribution >= 4 is 11.6 Å². The lowest BCUT2D eigenvalue weighted by molar-refractivity contribution is -0.138. The Bertz CT molecular complexity index is 963. The van der Waals surface area contributed by atoms with Crippen LogP contribution in [0.2, 0.25) is 0 Å². The van der Waals surface area contributed by atoms with Crippen LogP contribution in [0, 0.1) is 17.1 Å². The summed E-state index contributed by atoms with van der Waals surface area (Å²) in [4.78, 5) is 15.8. The van der Waals surface area contributed by atoms with Gasteiger partial charge in [0.25, 0.3) is 5.91 Å². The van der Waals surface area contributed by atoms with Crippen molar-refractivity contribution in [1.82, 2.24) is 4.90 Å². The second-order valence-electron chi connectivity index (χ2n) is 6.84. The number of hydrogen-bond donors (Lipinski definition) is 0. The van der Waals surface area contributed by atoms with Gasteiger partial charge in [-0.25, -0.2) is 4.39 Å². The minimum atomic E-state index is -4.62. The summed E-state index contributed by atoms with van der Waals surface area (Å²) in [6.07, 6.45) is -5.47. The predicted octanol–water partition coefficient (Wildman–Crippen LogP) is 3.83. The Kier molecular flexibility index (Phi) is 6.15. The molecule has 1 amide bonds. The van der Waals surface area contributed by atoms with Crippen LogP contribution in [-0.4, -0.2) is 43.1 Å². The number of amides is 1. The molecule has 0 N–H and O–H groups in total. The highest BCUT2D eigenvalue weighted by atomic mass is 19.4. The number of nitriles is 1. The van der Waals surface area contributed by atoms with E-state index in [0.29, 0.717) is 0 Å². The van der Waals surface area contributed by atoms with Crippen molar-refractivity contribution in [2.24, 2.45) is 0 Å². The molecule has 30 heavy (non-hydrogen) atoms. The summed E-state index contributed by atoms with van der Waals surface area (Å²) in [7, 11) is 0. The van der Waals surface area contributed by atoms with Crippen molar-refractivity contribution in [1.29, 1.82) is 5.26 Å². The van der Waals surface area contributed by atoms with Gasteiger partial charge in [-0.2, -0.15) is 18.4 Å². The van der Waals surface area contributed by atoms with Crippen molar-refractivity contribution < 1.29 is 27.1 Å². The standard InChI is InChI=1S/C21H19F4N3O2/c1-14(30-16-5-2-4-15(22)12-16)20(29)28-10-8-27(9-11-28)19-7-3-6-18(17(19)13-26)21(23,24)25/h2-7,12,14H,8-11H2,1H3. The van der Waals surface area contributed by atoms with E-state index in [-0.39, 0.29) is 43.5 Å². The van der Waals surface area contributed by atoms with Crippen molar-refractivity contribution in [3.63, 3.8) is 0 Å². The summed E-state index contributed by atoms with van der Waals surface area (Å²) in [6.45, 7) is 2.62. The molecule has 0 aromatic heterocycles. The van der Waals surface area contributed by atoms with Gasteiger partial charge >= 0.3 is 6.18 Å². The van der Waals surface area contributed by atoms with Gasteiger partial charge in [-0.15, -0.1) is 0 Å². The number of alkyl halides is 3. The molecule has 5 nitrogen and oxygen atoms in total. The largest absolute Gasteiger partial charge is 0.481 e. The average Bonchev–Trinajstić information content (AvgIpc) is 2.72. The molecule has 2 aromatic rings. The number of nitrogens with zero attached hydrogens (tertiary/aromatic N) is 3. The minimum absolute atomic E-state index is 0.198. The highest BCUT2D eigenvalue weighted by molar-refractivity contribution is 5.81. The fourth-order valence-electron chi connectivity index (χ4n) is 3.38. The summed E-state index contributed by atoms with van der Waals surface area (Å²) in [5.41, 5.74) is -1.20. The molecule has 1 fully saturated rings. The van der Waals surface area contributed by atoms with E-state index in [4.69, 9.17) is 4.74 Å². The van der Waals surface area contributed by atoms with Gasteiger partial charge in [0.1, 0.15) is 17.6 Å². The third-order valence-corrected chi connectivity index (χ3v) is 4.85. The van der Waals surface area contributed by atoms with E-state index in [9.17, 15) is 27.6 Å². The molecule has 2 aromatic carbocycles. The number of anilines is 1. The van der Waals surface area contributed by atoms with Crippen LogP contribution in [0.25, 0.3) is 0 Å². The van der Waals surface area contributed by atoms with Gasteiger partial charge in [0.15, 0.2) is 6.10 Å². The maximum atomic E-state index is 13.3. The molecule has 0 radical (unpaired) electrons. The average molecular weight is 421 g/mol. The van der Waals surface area contributed by atoms with Crippen LogP contribution in [0.5, 0.6) is 5.75 Å². The van der Waals surface area contributed by atoms with E-state index in [1.54, 1.807) is 28.9 Å². The SMILES string of the molecule is CC(Oc1cccc(F)c1)C(=O)N1CCN(c2cccc(C(F)(F)F)c2C#N)CC1. The molecule has 1 heterocycles. The van der Waals surface area contributed by atoms with Crippen LogP contribution in [0.3, 0.4) is 0 Å². The first kappa shape index (κ1) is 21.4. The van der Waals surface area contributed by atoms with E-state index < -0.39 is 29.2 Å². The van der Waals surface area contributed by atoms with Crippen molar-refractivity contribution in [2.75, 3.05) is 31.1 Å². The molecule has 0 spiro atoms.